The largest absolute Gasteiger partial charge is 0.479 e. The number of halogens is 1. The number of carboxylic acids is 1. The summed E-state index contributed by atoms with van der Waals surface area (Å²) in [4.78, 5) is 21.9. The Hall–Kier alpha value is -2.21. The average molecular weight is 281 g/mol. The molecule has 2 N–H and O–H groups in total. The van der Waals surface area contributed by atoms with E-state index in [1.807, 2.05) is 0 Å². The highest BCUT2D eigenvalue weighted by Gasteiger charge is 2.09. The number of carbonyl (C=O) groups excluding carboxylic acids is 1. The fourth-order valence-corrected chi connectivity index (χ4v) is 1.32. The number of carbonyl (C=O) groups is 2. The average Bonchev–Trinajstić information content (AvgIpc) is 2.41. The molecular formula is C14H16FNO4. The zero-order chi connectivity index (χ0) is 15.0. The summed E-state index contributed by atoms with van der Waals surface area (Å²) in [5.41, 5.74) is 0.580. The van der Waals surface area contributed by atoms with Crippen LogP contribution in [0, 0.1) is 5.82 Å². The predicted octanol–water partition coefficient (Wildman–Crippen LogP) is 1.44. The van der Waals surface area contributed by atoms with Gasteiger partial charge in [0.05, 0.1) is 6.61 Å². The zero-order valence-electron chi connectivity index (χ0n) is 11.0. The van der Waals surface area contributed by atoms with Crippen LogP contribution >= 0.6 is 0 Å². The molecule has 0 radical (unpaired) electrons. The van der Waals surface area contributed by atoms with Crippen molar-refractivity contribution in [2.45, 2.75) is 13.0 Å². The minimum absolute atomic E-state index is 0.104. The van der Waals surface area contributed by atoms with Crippen molar-refractivity contribution in [3.63, 3.8) is 0 Å². The highest BCUT2D eigenvalue weighted by molar-refractivity contribution is 5.91. The van der Waals surface area contributed by atoms with Crippen LogP contribution in [-0.2, 0) is 14.3 Å². The van der Waals surface area contributed by atoms with Gasteiger partial charge in [-0.15, -0.1) is 0 Å². The third-order valence-electron chi connectivity index (χ3n) is 2.39. The number of hydrogen-bond donors (Lipinski definition) is 2. The van der Waals surface area contributed by atoms with Gasteiger partial charge in [0.2, 0.25) is 5.91 Å². The van der Waals surface area contributed by atoms with Gasteiger partial charge >= 0.3 is 5.97 Å². The SMILES string of the molecule is CC(OCCNC(=O)/C=C/c1cccc(F)c1)C(=O)O. The summed E-state index contributed by atoms with van der Waals surface area (Å²) in [6.07, 6.45) is 1.85. The molecule has 1 atom stereocenters. The van der Waals surface area contributed by atoms with Gasteiger partial charge in [-0.25, -0.2) is 9.18 Å². The summed E-state index contributed by atoms with van der Waals surface area (Å²) in [5, 5.41) is 11.1. The fourth-order valence-electron chi connectivity index (χ4n) is 1.32. The summed E-state index contributed by atoms with van der Waals surface area (Å²) in [6.45, 7) is 1.71. The molecule has 0 aliphatic rings. The van der Waals surface area contributed by atoms with Crippen LogP contribution in [0.3, 0.4) is 0 Å². The predicted molar refractivity (Wildman–Crippen MR) is 71.5 cm³/mol. The van der Waals surface area contributed by atoms with Gasteiger partial charge < -0.3 is 15.2 Å². The monoisotopic (exact) mass is 281 g/mol. The lowest BCUT2D eigenvalue weighted by Gasteiger charge is -2.08. The summed E-state index contributed by atoms with van der Waals surface area (Å²) >= 11 is 0. The summed E-state index contributed by atoms with van der Waals surface area (Å²) in [5.74, 6) is -1.79. The number of rotatable bonds is 7. The minimum atomic E-state index is -1.05. The van der Waals surface area contributed by atoms with Crippen LogP contribution in [0.25, 0.3) is 6.08 Å². The van der Waals surface area contributed by atoms with Crippen LogP contribution in [0.4, 0.5) is 4.39 Å². The second-order valence-corrected chi connectivity index (χ2v) is 4.03. The number of aliphatic carboxylic acids is 1. The molecular weight excluding hydrogens is 265 g/mol. The third kappa shape index (κ3) is 6.10. The summed E-state index contributed by atoms with van der Waals surface area (Å²) in [7, 11) is 0. The van der Waals surface area contributed by atoms with Gasteiger partial charge in [-0.1, -0.05) is 12.1 Å². The van der Waals surface area contributed by atoms with Crippen molar-refractivity contribution in [3.8, 4) is 0 Å². The molecule has 20 heavy (non-hydrogen) atoms. The van der Waals surface area contributed by atoms with Gasteiger partial charge in [-0.2, -0.15) is 0 Å². The lowest BCUT2D eigenvalue weighted by atomic mass is 10.2. The molecule has 1 aromatic carbocycles. The number of amides is 1. The highest BCUT2D eigenvalue weighted by atomic mass is 19.1. The van der Waals surface area contributed by atoms with Gasteiger partial charge in [0.15, 0.2) is 6.10 Å². The van der Waals surface area contributed by atoms with Crippen molar-refractivity contribution < 1.29 is 23.8 Å². The molecule has 1 amide bonds. The Morgan fingerprint density at radius 3 is 2.90 bits per heavy atom. The maximum Gasteiger partial charge on any atom is 0.332 e. The zero-order valence-corrected chi connectivity index (χ0v) is 11.0. The van der Waals surface area contributed by atoms with Crippen LogP contribution in [0.2, 0.25) is 0 Å². The first kappa shape index (κ1) is 15.8. The van der Waals surface area contributed by atoms with Crippen LogP contribution in [0.15, 0.2) is 30.3 Å². The van der Waals surface area contributed by atoms with E-state index in [-0.39, 0.29) is 24.9 Å². The first-order chi connectivity index (χ1) is 9.49. The van der Waals surface area contributed by atoms with Crippen molar-refractivity contribution in [2.75, 3.05) is 13.2 Å². The van der Waals surface area contributed by atoms with E-state index in [4.69, 9.17) is 9.84 Å². The summed E-state index contributed by atoms with van der Waals surface area (Å²) in [6, 6.07) is 5.85. The highest BCUT2D eigenvalue weighted by Crippen LogP contribution is 2.04. The standard InChI is InChI=1S/C14H16FNO4/c1-10(14(18)19)20-8-7-16-13(17)6-5-11-3-2-4-12(15)9-11/h2-6,9-10H,7-8H2,1H3,(H,16,17)(H,18,19)/b6-5+. The Labute approximate surface area is 116 Å². The van der Waals surface area contributed by atoms with E-state index >= 15 is 0 Å². The molecule has 0 saturated heterocycles. The molecule has 0 fully saturated rings. The van der Waals surface area contributed by atoms with E-state index in [1.54, 1.807) is 12.1 Å². The molecule has 0 aliphatic heterocycles. The molecule has 1 rings (SSSR count). The number of hydrogen-bond acceptors (Lipinski definition) is 3. The second-order valence-electron chi connectivity index (χ2n) is 4.03. The molecule has 0 heterocycles. The first-order valence-electron chi connectivity index (χ1n) is 6.05. The number of nitrogens with one attached hydrogen (secondary N) is 1. The summed E-state index contributed by atoms with van der Waals surface area (Å²) < 4.78 is 17.8. The molecule has 0 aliphatic carbocycles. The quantitative estimate of drug-likeness (QED) is 0.586. The molecule has 5 nitrogen and oxygen atoms in total. The van der Waals surface area contributed by atoms with E-state index in [2.05, 4.69) is 5.32 Å². The van der Waals surface area contributed by atoms with Crippen LogP contribution in [0.5, 0.6) is 0 Å². The normalized spacial score (nSPS) is 12.3. The molecule has 1 aromatic rings. The van der Waals surface area contributed by atoms with Crippen LogP contribution < -0.4 is 5.32 Å². The Bertz CT molecular complexity index is 502. The molecule has 0 bridgehead atoms. The van der Waals surface area contributed by atoms with Crippen molar-refractivity contribution in [1.29, 1.82) is 0 Å². The van der Waals surface area contributed by atoms with Crippen LogP contribution in [0.1, 0.15) is 12.5 Å². The Morgan fingerprint density at radius 2 is 2.25 bits per heavy atom. The number of ether oxygens (including phenoxy) is 1. The van der Waals surface area contributed by atoms with Gasteiger partial charge in [0.25, 0.3) is 0 Å². The molecule has 0 spiro atoms. The number of carboxylic acid groups (broad SMARTS) is 1. The van der Waals surface area contributed by atoms with Gasteiger partial charge in [0.1, 0.15) is 5.82 Å². The maximum atomic E-state index is 12.9. The molecule has 1 unspecified atom stereocenters. The van der Waals surface area contributed by atoms with Crippen molar-refractivity contribution in [1.82, 2.24) is 5.32 Å². The van der Waals surface area contributed by atoms with E-state index in [1.165, 1.54) is 31.2 Å². The molecule has 0 saturated carbocycles. The lowest BCUT2D eigenvalue weighted by molar-refractivity contribution is -0.148. The minimum Gasteiger partial charge on any atom is -0.479 e. The van der Waals surface area contributed by atoms with Crippen molar-refractivity contribution in [2.24, 2.45) is 0 Å². The maximum absolute atomic E-state index is 12.9. The third-order valence-corrected chi connectivity index (χ3v) is 2.39. The van der Waals surface area contributed by atoms with Crippen molar-refractivity contribution >= 4 is 18.0 Å². The Morgan fingerprint density at radius 1 is 1.50 bits per heavy atom. The smallest absolute Gasteiger partial charge is 0.332 e. The van der Waals surface area contributed by atoms with E-state index in [9.17, 15) is 14.0 Å². The van der Waals surface area contributed by atoms with Gasteiger partial charge in [-0.3, -0.25) is 4.79 Å². The van der Waals surface area contributed by atoms with E-state index in [0.29, 0.717) is 5.56 Å². The van der Waals surface area contributed by atoms with Gasteiger partial charge in [0, 0.05) is 12.6 Å². The van der Waals surface area contributed by atoms with E-state index in [0.717, 1.165) is 0 Å². The van der Waals surface area contributed by atoms with Crippen molar-refractivity contribution in [3.05, 3.63) is 41.7 Å². The number of benzene rings is 1. The molecule has 0 aromatic heterocycles. The Balaban J connectivity index is 2.28. The van der Waals surface area contributed by atoms with Gasteiger partial charge in [-0.05, 0) is 30.7 Å². The first-order valence-corrected chi connectivity index (χ1v) is 6.05. The fraction of sp³-hybridized carbons (Fsp3) is 0.286. The van der Waals surface area contributed by atoms with Crippen LogP contribution in [-0.4, -0.2) is 36.2 Å². The molecule has 6 heteroatoms. The Kier molecular flexibility index (Phi) is 6.39. The van der Waals surface area contributed by atoms with E-state index < -0.39 is 12.1 Å². The molecule has 108 valence electrons. The second kappa shape index (κ2) is 8.06. The lowest BCUT2D eigenvalue weighted by Crippen LogP contribution is -2.29. The topological polar surface area (TPSA) is 75.6 Å².